The van der Waals surface area contributed by atoms with E-state index in [-0.39, 0.29) is 6.04 Å². The maximum absolute atomic E-state index is 12.9. The lowest BCUT2D eigenvalue weighted by Gasteiger charge is -2.26. The van der Waals surface area contributed by atoms with Gasteiger partial charge in [-0.15, -0.1) is 0 Å². The Morgan fingerprint density at radius 1 is 0.957 bits per heavy atom. The van der Waals surface area contributed by atoms with Gasteiger partial charge in [0.2, 0.25) is 0 Å². The van der Waals surface area contributed by atoms with Gasteiger partial charge in [0.05, 0.1) is 31.1 Å². The van der Waals surface area contributed by atoms with Crippen molar-refractivity contribution >= 4 is 9.84 Å². The van der Waals surface area contributed by atoms with E-state index >= 15 is 0 Å². The van der Waals surface area contributed by atoms with Crippen LogP contribution in [0, 0.1) is 6.92 Å². The molecular weight excluding hydrogens is 308 g/mol. The van der Waals surface area contributed by atoms with Gasteiger partial charge in [0.1, 0.15) is 12.3 Å². The Balaban J connectivity index is 1.74. The summed E-state index contributed by atoms with van der Waals surface area (Å²) in [5, 5.41) is 0. The summed E-state index contributed by atoms with van der Waals surface area (Å²) in [6, 6.07) is 7.58. The van der Waals surface area contributed by atoms with E-state index in [1.54, 1.807) is 17.0 Å². The van der Waals surface area contributed by atoms with Gasteiger partial charge in [-0.25, -0.2) is 8.42 Å². The highest BCUT2D eigenvalue weighted by Gasteiger charge is 2.35. The molecule has 1 atom stereocenters. The molecular formula is C18H30N2O2S+2. The third-order valence-corrected chi connectivity index (χ3v) is 7.30. The summed E-state index contributed by atoms with van der Waals surface area (Å²) in [6.07, 6.45) is 5.07. The zero-order valence-corrected chi connectivity index (χ0v) is 15.0. The first-order valence-electron chi connectivity index (χ1n) is 9.02. The van der Waals surface area contributed by atoms with Crippen molar-refractivity contribution in [3.8, 4) is 0 Å². The Hall–Kier alpha value is -0.910. The highest BCUT2D eigenvalue weighted by Crippen LogP contribution is 2.13. The summed E-state index contributed by atoms with van der Waals surface area (Å²) in [5.74, 6) is 0.300. The van der Waals surface area contributed by atoms with Crippen LogP contribution in [0.3, 0.4) is 0 Å². The Morgan fingerprint density at radius 2 is 1.52 bits per heavy atom. The predicted molar refractivity (Wildman–Crippen MR) is 91.7 cm³/mol. The zero-order valence-electron chi connectivity index (χ0n) is 14.2. The van der Waals surface area contributed by atoms with Crippen LogP contribution in [0.5, 0.6) is 0 Å². The normalized spacial score (nSPS) is 21.8. The smallest absolute Gasteiger partial charge is 0.184 e. The first-order valence-corrected chi connectivity index (χ1v) is 10.7. The summed E-state index contributed by atoms with van der Waals surface area (Å²) in [7, 11) is -3.19. The zero-order chi connectivity index (χ0) is 16.3. The minimum atomic E-state index is -3.19. The topological polar surface area (TPSA) is 43.0 Å². The van der Waals surface area contributed by atoms with E-state index in [0.29, 0.717) is 10.6 Å². The molecule has 2 saturated heterocycles. The number of hydrogen-bond acceptors (Lipinski definition) is 2. The Morgan fingerprint density at radius 3 is 2.13 bits per heavy atom. The van der Waals surface area contributed by atoms with Crippen LogP contribution in [0.25, 0.3) is 0 Å². The van der Waals surface area contributed by atoms with E-state index in [1.165, 1.54) is 43.7 Å². The molecule has 0 bridgehead atoms. The van der Waals surface area contributed by atoms with Gasteiger partial charge in [0.25, 0.3) is 0 Å². The van der Waals surface area contributed by atoms with Crippen LogP contribution in [0.2, 0.25) is 0 Å². The van der Waals surface area contributed by atoms with Gasteiger partial charge in [0.15, 0.2) is 15.9 Å². The van der Waals surface area contributed by atoms with Gasteiger partial charge in [-0.3, -0.25) is 0 Å². The predicted octanol–water partition coefficient (Wildman–Crippen LogP) is -0.505. The molecule has 0 saturated carbocycles. The fourth-order valence-electron chi connectivity index (χ4n) is 4.09. The van der Waals surface area contributed by atoms with Crippen molar-refractivity contribution in [2.45, 2.75) is 43.5 Å². The minimum absolute atomic E-state index is 0.247. The lowest BCUT2D eigenvalue weighted by atomic mass is 10.2. The Kier molecular flexibility index (Phi) is 5.39. The Bertz CT molecular complexity index is 600. The number of aryl methyl sites for hydroxylation is 1. The van der Waals surface area contributed by atoms with E-state index in [4.69, 9.17) is 0 Å². The fourth-order valence-corrected chi connectivity index (χ4v) is 5.72. The number of rotatable bonds is 6. The summed E-state index contributed by atoms with van der Waals surface area (Å²) in [6.45, 7) is 7.72. The quantitative estimate of drug-likeness (QED) is 0.734. The molecule has 5 heteroatoms. The van der Waals surface area contributed by atoms with Crippen LogP contribution >= 0.6 is 0 Å². The molecule has 1 aromatic rings. The first-order chi connectivity index (χ1) is 11.0. The minimum Gasteiger partial charge on any atom is -0.330 e. The van der Waals surface area contributed by atoms with E-state index < -0.39 is 9.84 Å². The van der Waals surface area contributed by atoms with Crippen LogP contribution in [-0.2, 0) is 9.84 Å². The van der Waals surface area contributed by atoms with Gasteiger partial charge < -0.3 is 9.80 Å². The number of sulfone groups is 1. The lowest BCUT2D eigenvalue weighted by Crippen LogP contribution is -3.22. The number of nitrogens with one attached hydrogen (secondary N) is 2. The SMILES string of the molecule is Cc1ccc(S(=O)(=O)C[C@@H](C[NH+]2CCCC2)[NH+]2CCCC2)cc1. The fraction of sp³-hybridized carbons (Fsp3) is 0.667. The highest BCUT2D eigenvalue weighted by molar-refractivity contribution is 7.91. The second-order valence-electron chi connectivity index (χ2n) is 7.32. The molecule has 0 aliphatic carbocycles. The van der Waals surface area contributed by atoms with Crippen LogP contribution in [-0.4, -0.2) is 52.9 Å². The molecule has 23 heavy (non-hydrogen) atoms. The average molecular weight is 339 g/mol. The van der Waals surface area contributed by atoms with E-state index in [9.17, 15) is 8.42 Å². The molecule has 2 fully saturated rings. The lowest BCUT2D eigenvalue weighted by molar-refractivity contribution is -0.963. The standard InChI is InChI=1S/C18H28N2O2S/c1-16-6-8-18(9-7-16)23(21,22)15-17(20-12-4-5-13-20)14-19-10-2-3-11-19/h6-9,17H,2-5,10-15H2,1H3/p+2/t17-/m1/s1. The third-order valence-electron chi connectivity index (χ3n) is 5.47. The van der Waals surface area contributed by atoms with Crippen LogP contribution in [0.1, 0.15) is 31.2 Å². The molecule has 2 aliphatic rings. The first kappa shape index (κ1) is 16.9. The average Bonchev–Trinajstić information content (AvgIpc) is 3.20. The molecule has 0 amide bonds. The molecule has 0 unspecified atom stereocenters. The largest absolute Gasteiger partial charge is 0.330 e. The number of likely N-dealkylation sites (tertiary alicyclic amines) is 2. The van der Waals surface area contributed by atoms with Crippen LogP contribution in [0.4, 0.5) is 0 Å². The molecule has 3 rings (SSSR count). The second-order valence-corrected chi connectivity index (χ2v) is 9.35. The van der Waals surface area contributed by atoms with Crippen molar-refractivity contribution in [2.75, 3.05) is 38.5 Å². The van der Waals surface area contributed by atoms with Crippen molar-refractivity contribution in [3.63, 3.8) is 0 Å². The second kappa shape index (κ2) is 7.32. The molecule has 2 N–H and O–H groups in total. The van der Waals surface area contributed by atoms with Crippen molar-refractivity contribution in [3.05, 3.63) is 29.8 Å². The van der Waals surface area contributed by atoms with Crippen LogP contribution < -0.4 is 9.80 Å². The summed E-state index contributed by atoms with van der Waals surface area (Å²) in [5.41, 5.74) is 1.10. The van der Waals surface area contributed by atoms with Crippen molar-refractivity contribution < 1.29 is 18.2 Å². The summed E-state index contributed by atoms with van der Waals surface area (Å²) in [4.78, 5) is 3.61. The summed E-state index contributed by atoms with van der Waals surface area (Å²) < 4.78 is 25.7. The third kappa shape index (κ3) is 4.34. The molecule has 1 aromatic carbocycles. The number of benzene rings is 1. The van der Waals surface area contributed by atoms with Crippen molar-refractivity contribution in [2.24, 2.45) is 0 Å². The molecule has 2 aliphatic heterocycles. The maximum atomic E-state index is 12.9. The summed E-state index contributed by atoms with van der Waals surface area (Å²) >= 11 is 0. The number of quaternary nitrogens is 2. The maximum Gasteiger partial charge on any atom is 0.184 e. The molecule has 128 valence electrons. The van der Waals surface area contributed by atoms with Crippen molar-refractivity contribution in [1.29, 1.82) is 0 Å². The number of hydrogen-bond donors (Lipinski definition) is 2. The Labute approximate surface area is 140 Å². The monoisotopic (exact) mass is 338 g/mol. The van der Waals surface area contributed by atoms with Gasteiger partial charge in [-0.1, -0.05) is 17.7 Å². The molecule has 0 radical (unpaired) electrons. The van der Waals surface area contributed by atoms with E-state index in [2.05, 4.69) is 0 Å². The molecule has 0 spiro atoms. The van der Waals surface area contributed by atoms with Crippen LogP contribution in [0.15, 0.2) is 29.2 Å². The van der Waals surface area contributed by atoms with E-state index in [0.717, 1.165) is 25.2 Å². The van der Waals surface area contributed by atoms with Gasteiger partial charge in [0, 0.05) is 25.7 Å². The molecule has 2 heterocycles. The molecule has 4 nitrogen and oxygen atoms in total. The van der Waals surface area contributed by atoms with Gasteiger partial charge in [-0.05, 0) is 19.1 Å². The van der Waals surface area contributed by atoms with Gasteiger partial charge in [-0.2, -0.15) is 0 Å². The van der Waals surface area contributed by atoms with Crippen molar-refractivity contribution in [1.82, 2.24) is 0 Å². The molecule has 0 aromatic heterocycles. The van der Waals surface area contributed by atoms with Gasteiger partial charge >= 0.3 is 0 Å². The van der Waals surface area contributed by atoms with E-state index in [1.807, 2.05) is 19.1 Å². The highest BCUT2D eigenvalue weighted by atomic mass is 32.2.